The first-order valence-corrected chi connectivity index (χ1v) is 6.13. The van der Waals surface area contributed by atoms with E-state index in [0.29, 0.717) is 6.61 Å². The zero-order chi connectivity index (χ0) is 13.5. The highest BCUT2D eigenvalue weighted by atomic mass is 16.5. The van der Waals surface area contributed by atoms with Crippen molar-refractivity contribution in [2.45, 2.75) is 33.2 Å². The molecule has 0 unspecified atom stereocenters. The van der Waals surface area contributed by atoms with E-state index in [1.165, 1.54) is 5.56 Å². The Morgan fingerprint density at radius 3 is 2.83 bits per heavy atom. The van der Waals surface area contributed by atoms with Crippen molar-refractivity contribution in [2.24, 2.45) is 0 Å². The van der Waals surface area contributed by atoms with Gasteiger partial charge in [0.1, 0.15) is 5.75 Å². The molecule has 0 bridgehead atoms. The van der Waals surface area contributed by atoms with Crippen molar-refractivity contribution in [2.75, 3.05) is 13.2 Å². The van der Waals surface area contributed by atoms with Crippen LogP contribution in [0.2, 0.25) is 0 Å². The highest BCUT2D eigenvalue weighted by Crippen LogP contribution is 2.20. The van der Waals surface area contributed by atoms with Gasteiger partial charge in [-0.3, -0.25) is 4.79 Å². The Hall–Kier alpha value is -1.55. The van der Waals surface area contributed by atoms with E-state index in [2.05, 4.69) is 5.32 Å². The molecule has 2 N–H and O–H groups in total. The van der Waals surface area contributed by atoms with Gasteiger partial charge in [-0.25, -0.2) is 0 Å². The molecule has 1 amide bonds. The van der Waals surface area contributed by atoms with Gasteiger partial charge in [0, 0.05) is 6.04 Å². The number of amides is 1. The van der Waals surface area contributed by atoms with Crippen LogP contribution in [-0.4, -0.2) is 30.3 Å². The summed E-state index contributed by atoms with van der Waals surface area (Å²) in [7, 11) is 0. The van der Waals surface area contributed by atoms with Crippen LogP contribution < -0.4 is 10.1 Å². The number of benzene rings is 1. The van der Waals surface area contributed by atoms with Gasteiger partial charge >= 0.3 is 0 Å². The number of aliphatic hydroxyl groups excluding tert-OH is 1. The molecular weight excluding hydrogens is 230 g/mol. The lowest BCUT2D eigenvalue weighted by Crippen LogP contribution is -2.35. The second kappa shape index (κ2) is 7.01. The number of rotatable bonds is 6. The third-order valence-corrected chi connectivity index (χ3v) is 2.82. The normalized spacial score (nSPS) is 12.0. The van der Waals surface area contributed by atoms with E-state index in [1.54, 1.807) is 6.92 Å². The number of hydrogen-bond donors (Lipinski definition) is 2. The van der Waals surface area contributed by atoms with E-state index in [0.717, 1.165) is 11.3 Å². The Bertz CT molecular complexity index is 404. The molecule has 0 spiro atoms. The minimum absolute atomic E-state index is 0.0520. The summed E-state index contributed by atoms with van der Waals surface area (Å²) in [5, 5.41) is 11.5. The Labute approximate surface area is 108 Å². The fraction of sp³-hybridized carbons (Fsp3) is 0.500. The van der Waals surface area contributed by atoms with Crippen LogP contribution in [0, 0.1) is 13.8 Å². The van der Waals surface area contributed by atoms with Gasteiger partial charge in [-0.15, -0.1) is 0 Å². The lowest BCUT2D eigenvalue weighted by molar-refractivity contribution is -0.122. The van der Waals surface area contributed by atoms with E-state index < -0.39 is 0 Å². The van der Waals surface area contributed by atoms with Crippen LogP contribution >= 0.6 is 0 Å². The van der Waals surface area contributed by atoms with Gasteiger partial charge in [0.2, 0.25) is 5.91 Å². The summed E-state index contributed by atoms with van der Waals surface area (Å²) in [5.74, 6) is 0.708. The van der Waals surface area contributed by atoms with Gasteiger partial charge in [-0.05, 0) is 38.0 Å². The summed E-state index contributed by atoms with van der Waals surface area (Å²) in [6.45, 7) is 6.07. The zero-order valence-corrected chi connectivity index (χ0v) is 11.2. The highest BCUT2D eigenvalue weighted by Gasteiger charge is 2.07. The molecule has 4 heteroatoms. The van der Waals surface area contributed by atoms with Gasteiger partial charge < -0.3 is 15.2 Å². The van der Waals surface area contributed by atoms with Gasteiger partial charge in [0.05, 0.1) is 19.6 Å². The molecule has 4 nitrogen and oxygen atoms in total. The molecule has 0 aliphatic carbocycles. The molecule has 1 rings (SSSR count). The summed E-state index contributed by atoms with van der Waals surface area (Å²) in [6.07, 6.45) is 0.289. The first-order chi connectivity index (χ1) is 8.54. The maximum absolute atomic E-state index is 11.5. The molecule has 0 fully saturated rings. The van der Waals surface area contributed by atoms with Gasteiger partial charge in [0.15, 0.2) is 0 Å². The summed E-state index contributed by atoms with van der Waals surface area (Å²) in [4.78, 5) is 11.5. The van der Waals surface area contributed by atoms with Gasteiger partial charge in [-0.1, -0.05) is 12.1 Å². The number of ether oxygens (including phenoxy) is 1. The molecule has 0 heterocycles. The third kappa shape index (κ3) is 4.37. The molecule has 18 heavy (non-hydrogen) atoms. The Morgan fingerprint density at radius 1 is 1.44 bits per heavy atom. The molecule has 1 atom stereocenters. The Morgan fingerprint density at radius 2 is 2.17 bits per heavy atom. The lowest BCUT2D eigenvalue weighted by Gasteiger charge is -2.12. The van der Waals surface area contributed by atoms with Gasteiger partial charge in [-0.2, -0.15) is 0 Å². The van der Waals surface area contributed by atoms with Crippen LogP contribution in [0.4, 0.5) is 0 Å². The van der Waals surface area contributed by atoms with Crippen LogP contribution in [-0.2, 0) is 4.79 Å². The zero-order valence-electron chi connectivity index (χ0n) is 11.2. The number of nitrogens with one attached hydrogen (secondary N) is 1. The predicted octanol–water partition coefficient (Wildman–Crippen LogP) is 1.57. The van der Waals surface area contributed by atoms with Crippen LogP contribution in [0.15, 0.2) is 18.2 Å². The average Bonchev–Trinajstić information content (AvgIpc) is 2.34. The van der Waals surface area contributed by atoms with Crippen molar-refractivity contribution in [3.05, 3.63) is 29.3 Å². The van der Waals surface area contributed by atoms with E-state index >= 15 is 0 Å². The maximum Gasteiger partial charge on any atom is 0.223 e. The molecule has 0 radical (unpaired) electrons. The SMILES string of the molecule is Cc1cccc(OCCC(=O)N[C@H](C)CO)c1C. The number of aliphatic hydroxyl groups is 1. The largest absolute Gasteiger partial charge is 0.493 e. The molecule has 0 saturated heterocycles. The first kappa shape index (κ1) is 14.5. The van der Waals surface area contributed by atoms with Crippen molar-refractivity contribution in [3.8, 4) is 5.75 Å². The predicted molar refractivity (Wildman–Crippen MR) is 70.7 cm³/mol. The molecular formula is C14H21NO3. The number of hydrogen-bond acceptors (Lipinski definition) is 3. The van der Waals surface area contributed by atoms with Crippen molar-refractivity contribution >= 4 is 5.91 Å². The maximum atomic E-state index is 11.5. The molecule has 1 aromatic rings. The minimum atomic E-state index is -0.210. The fourth-order valence-corrected chi connectivity index (χ4v) is 1.53. The number of carbonyl (C=O) groups excluding carboxylic acids is 1. The number of carbonyl (C=O) groups is 1. The summed E-state index contributed by atoms with van der Waals surface area (Å²) < 4.78 is 5.58. The molecule has 100 valence electrons. The van der Waals surface area contributed by atoms with Crippen LogP contribution in [0.1, 0.15) is 24.5 Å². The van der Waals surface area contributed by atoms with E-state index in [1.807, 2.05) is 32.0 Å². The molecule has 0 aliphatic heterocycles. The number of aryl methyl sites for hydroxylation is 1. The van der Waals surface area contributed by atoms with Crippen LogP contribution in [0.3, 0.4) is 0 Å². The van der Waals surface area contributed by atoms with E-state index in [9.17, 15) is 4.79 Å². The minimum Gasteiger partial charge on any atom is -0.493 e. The first-order valence-electron chi connectivity index (χ1n) is 6.13. The Balaban J connectivity index is 2.38. The Kier molecular flexibility index (Phi) is 5.65. The molecule has 0 aliphatic rings. The average molecular weight is 251 g/mol. The van der Waals surface area contributed by atoms with Crippen LogP contribution in [0.25, 0.3) is 0 Å². The fourth-order valence-electron chi connectivity index (χ4n) is 1.53. The van der Waals surface area contributed by atoms with Crippen LogP contribution in [0.5, 0.6) is 5.75 Å². The highest BCUT2D eigenvalue weighted by molar-refractivity contribution is 5.76. The summed E-state index contributed by atoms with van der Waals surface area (Å²) >= 11 is 0. The second-order valence-electron chi connectivity index (χ2n) is 4.45. The topological polar surface area (TPSA) is 58.6 Å². The quantitative estimate of drug-likeness (QED) is 0.807. The standard InChI is InChI=1S/C14H21NO3/c1-10-5-4-6-13(12(10)3)18-8-7-14(17)15-11(2)9-16/h4-6,11,16H,7-9H2,1-3H3,(H,15,17)/t11-/m1/s1. The van der Waals surface area contributed by atoms with Gasteiger partial charge in [0.25, 0.3) is 0 Å². The van der Waals surface area contributed by atoms with E-state index in [-0.39, 0.29) is 25.0 Å². The van der Waals surface area contributed by atoms with Crippen molar-refractivity contribution < 1.29 is 14.6 Å². The third-order valence-electron chi connectivity index (χ3n) is 2.82. The smallest absolute Gasteiger partial charge is 0.223 e. The van der Waals surface area contributed by atoms with Crippen molar-refractivity contribution in [1.82, 2.24) is 5.32 Å². The lowest BCUT2D eigenvalue weighted by atomic mass is 10.1. The molecule has 0 aromatic heterocycles. The second-order valence-corrected chi connectivity index (χ2v) is 4.45. The van der Waals surface area contributed by atoms with E-state index in [4.69, 9.17) is 9.84 Å². The monoisotopic (exact) mass is 251 g/mol. The molecule has 0 saturated carbocycles. The molecule has 1 aromatic carbocycles. The van der Waals surface area contributed by atoms with Crippen molar-refractivity contribution in [3.63, 3.8) is 0 Å². The van der Waals surface area contributed by atoms with Crippen molar-refractivity contribution in [1.29, 1.82) is 0 Å². The summed E-state index contributed by atoms with van der Waals surface area (Å²) in [6, 6.07) is 5.65. The summed E-state index contributed by atoms with van der Waals surface area (Å²) in [5.41, 5.74) is 2.27.